The smallest absolute Gasteiger partial charge is 0.409 e. The van der Waals surface area contributed by atoms with Crippen LogP contribution >= 0.6 is 0 Å². The molecule has 0 spiro atoms. The van der Waals surface area contributed by atoms with E-state index in [0.29, 0.717) is 31.7 Å². The molecule has 2 heterocycles. The van der Waals surface area contributed by atoms with Gasteiger partial charge in [-0.1, -0.05) is 19.3 Å². The minimum Gasteiger partial charge on any atom is -0.450 e. The lowest BCUT2D eigenvalue weighted by Crippen LogP contribution is -2.49. The van der Waals surface area contributed by atoms with Gasteiger partial charge in [0.25, 0.3) is 0 Å². The Kier molecular flexibility index (Phi) is 5.72. The lowest BCUT2D eigenvalue weighted by Gasteiger charge is -2.34. The van der Waals surface area contributed by atoms with Crippen LogP contribution in [0.5, 0.6) is 0 Å². The molecule has 0 aromatic carbocycles. The van der Waals surface area contributed by atoms with Gasteiger partial charge in [-0.2, -0.15) is 4.98 Å². The van der Waals surface area contributed by atoms with Crippen LogP contribution in [-0.2, 0) is 4.74 Å². The molecule has 0 radical (unpaired) electrons. The lowest BCUT2D eigenvalue weighted by atomic mass is 9.96. The van der Waals surface area contributed by atoms with Crippen LogP contribution in [0.1, 0.15) is 39.0 Å². The molecule has 0 atom stereocenters. The standard InChI is InChI=1S/C17H27N5O2/c1-2-24-17(23)22-12-10-21(11-13-22)15-8-9-18-16(20-15)19-14-6-4-3-5-7-14/h8-9,14H,2-7,10-13H2,1H3,(H,18,19,20). The average Bonchev–Trinajstić information content (AvgIpc) is 2.63. The van der Waals surface area contributed by atoms with Gasteiger partial charge in [0, 0.05) is 38.4 Å². The second-order valence-electron chi connectivity index (χ2n) is 6.39. The van der Waals surface area contributed by atoms with Crippen molar-refractivity contribution in [2.75, 3.05) is 43.0 Å². The zero-order valence-corrected chi connectivity index (χ0v) is 14.4. The summed E-state index contributed by atoms with van der Waals surface area (Å²) < 4.78 is 5.06. The fourth-order valence-corrected chi connectivity index (χ4v) is 3.36. The largest absolute Gasteiger partial charge is 0.450 e. The minimum atomic E-state index is -0.223. The molecule has 1 saturated carbocycles. The summed E-state index contributed by atoms with van der Waals surface area (Å²) >= 11 is 0. The second-order valence-corrected chi connectivity index (χ2v) is 6.39. The zero-order chi connectivity index (χ0) is 16.8. The van der Waals surface area contributed by atoms with Crippen molar-refractivity contribution in [2.24, 2.45) is 0 Å². The molecule has 1 saturated heterocycles. The van der Waals surface area contributed by atoms with Gasteiger partial charge in [0.05, 0.1) is 6.61 Å². The van der Waals surface area contributed by atoms with E-state index in [1.54, 1.807) is 4.90 Å². The average molecular weight is 333 g/mol. The number of carbonyl (C=O) groups excluding carboxylic acids is 1. The van der Waals surface area contributed by atoms with Crippen molar-refractivity contribution in [3.05, 3.63) is 12.3 Å². The van der Waals surface area contributed by atoms with Gasteiger partial charge in [-0.05, 0) is 25.8 Å². The third-order valence-electron chi connectivity index (χ3n) is 4.71. The number of nitrogens with zero attached hydrogens (tertiary/aromatic N) is 4. The predicted octanol–water partition coefficient (Wildman–Crippen LogP) is 2.50. The maximum absolute atomic E-state index is 11.8. The van der Waals surface area contributed by atoms with Crippen molar-refractivity contribution in [2.45, 2.75) is 45.1 Å². The first kappa shape index (κ1) is 16.8. The molecule has 0 bridgehead atoms. The van der Waals surface area contributed by atoms with E-state index < -0.39 is 0 Å². The summed E-state index contributed by atoms with van der Waals surface area (Å²) in [5.41, 5.74) is 0. The molecule has 7 nitrogen and oxygen atoms in total. The highest BCUT2D eigenvalue weighted by Gasteiger charge is 2.23. The predicted molar refractivity (Wildman–Crippen MR) is 93.3 cm³/mol. The molecule has 7 heteroatoms. The number of piperazine rings is 1. The van der Waals surface area contributed by atoms with E-state index in [1.807, 2.05) is 19.2 Å². The Morgan fingerprint density at radius 2 is 2.00 bits per heavy atom. The van der Waals surface area contributed by atoms with Gasteiger partial charge in [-0.25, -0.2) is 9.78 Å². The Balaban J connectivity index is 1.55. The Labute approximate surface area is 143 Å². The van der Waals surface area contributed by atoms with Crippen LogP contribution in [0.2, 0.25) is 0 Å². The van der Waals surface area contributed by atoms with Gasteiger partial charge >= 0.3 is 6.09 Å². The van der Waals surface area contributed by atoms with E-state index in [0.717, 1.165) is 18.9 Å². The van der Waals surface area contributed by atoms with Crippen LogP contribution in [0.25, 0.3) is 0 Å². The monoisotopic (exact) mass is 333 g/mol. The first-order valence-corrected chi connectivity index (χ1v) is 9.02. The molecule has 1 N–H and O–H groups in total. The van der Waals surface area contributed by atoms with Gasteiger partial charge in [-0.3, -0.25) is 0 Å². The number of rotatable bonds is 4. The minimum absolute atomic E-state index is 0.223. The highest BCUT2D eigenvalue weighted by atomic mass is 16.6. The number of anilines is 2. The molecule has 1 aliphatic heterocycles. The maximum atomic E-state index is 11.8. The van der Waals surface area contributed by atoms with Gasteiger partial charge in [0.2, 0.25) is 5.95 Å². The molecule has 3 rings (SSSR count). The molecule has 1 aliphatic carbocycles. The number of hydrogen-bond acceptors (Lipinski definition) is 6. The van der Waals surface area contributed by atoms with Crippen LogP contribution in [0.3, 0.4) is 0 Å². The summed E-state index contributed by atoms with van der Waals surface area (Å²) in [7, 11) is 0. The molecule has 1 aromatic rings. The molecule has 24 heavy (non-hydrogen) atoms. The van der Waals surface area contributed by atoms with Crippen molar-refractivity contribution >= 4 is 17.9 Å². The normalized spacial score (nSPS) is 19.2. The quantitative estimate of drug-likeness (QED) is 0.913. The van der Waals surface area contributed by atoms with Gasteiger partial charge < -0.3 is 19.9 Å². The Morgan fingerprint density at radius 3 is 2.71 bits per heavy atom. The van der Waals surface area contributed by atoms with Crippen LogP contribution in [-0.4, -0.2) is 59.8 Å². The highest BCUT2D eigenvalue weighted by molar-refractivity contribution is 5.68. The van der Waals surface area contributed by atoms with E-state index in [9.17, 15) is 4.79 Å². The van der Waals surface area contributed by atoms with E-state index >= 15 is 0 Å². The number of ether oxygens (including phenoxy) is 1. The van der Waals surface area contributed by atoms with Crippen LogP contribution in [0.15, 0.2) is 12.3 Å². The fourth-order valence-electron chi connectivity index (χ4n) is 3.36. The number of amides is 1. The molecule has 2 fully saturated rings. The summed E-state index contributed by atoms with van der Waals surface area (Å²) in [6.45, 7) is 5.09. The number of carbonyl (C=O) groups is 1. The van der Waals surface area contributed by atoms with E-state index in [2.05, 4.69) is 20.2 Å². The van der Waals surface area contributed by atoms with Crippen molar-refractivity contribution < 1.29 is 9.53 Å². The van der Waals surface area contributed by atoms with Crippen molar-refractivity contribution in [3.63, 3.8) is 0 Å². The van der Waals surface area contributed by atoms with E-state index in [4.69, 9.17) is 4.74 Å². The molecule has 2 aliphatic rings. The fraction of sp³-hybridized carbons (Fsp3) is 0.706. The zero-order valence-electron chi connectivity index (χ0n) is 14.4. The second kappa shape index (κ2) is 8.17. The first-order chi connectivity index (χ1) is 11.8. The molecular weight excluding hydrogens is 306 g/mol. The van der Waals surface area contributed by atoms with Crippen LogP contribution < -0.4 is 10.2 Å². The van der Waals surface area contributed by atoms with E-state index in [1.165, 1.54) is 32.1 Å². The number of nitrogens with one attached hydrogen (secondary N) is 1. The Bertz CT molecular complexity index is 540. The summed E-state index contributed by atoms with van der Waals surface area (Å²) in [5, 5.41) is 3.47. The highest BCUT2D eigenvalue weighted by Crippen LogP contribution is 2.21. The molecule has 1 aromatic heterocycles. The first-order valence-electron chi connectivity index (χ1n) is 9.02. The van der Waals surface area contributed by atoms with Crippen molar-refractivity contribution in [3.8, 4) is 0 Å². The van der Waals surface area contributed by atoms with Crippen LogP contribution in [0.4, 0.5) is 16.6 Å². The lowest BCUT2D eigenvalue weighted by molar-refractivity contribution is 0.105. The summed E-state index contributed by atoms with van der Waals surface area (Å²) in [5.74, 6) is 1.64. The third-order valence-corrected chi connectivity index (χ3v) is 4.71. The maximum Gasteiger partial charge on any atom is 0.409 e. The topological polar surface area (TPSA) is 70.6 Å². The van der Waals surface area contributed by atoms with Gasteiger partial charge in [-0.15, -0.1) is 0 Å². The van der Waals surface area contributed by atoms with Crippen molar-refractivity contribution in [1.29, 1.82) is 0 Å². The van der Waals surface area contributed by atoms with E-state index in [-0.39, 0.29) is 6.09 Å². The molecule has 1 amide bonds. The molecular formula is C17H27N5O2. The number of aromatic nitrogens is 2. The van der Waals surface area contributed by atoms with Crippen molar-refractivity contribution in [1.82, 2.24) is 14.9 Å². The number of hydrogen-bond donors (Lipinski definition) is 1. The molecule has 132 valence electrons. The van der Waals surface area contributed by atoms with Crippen LogP contribution in [0, 0.1) is 0 Å². The summed E-state index contributed by atoms with van der Waals surface area (Å²) in [4.78, 5) is 24.7. The molecule has 0 unspecified atom stereocenters. The SMILES string of the molecule is CCOC(=O)N1CCN(c2ccnc(NC3CCCCC3)n2)CC1. The van der Waals surface area contributed by atoms with Gasteiger partial charge in [0.15, 0.2) is 0 Å². The Morgan fingerprint density at radius 1 is 1.25 bits per heavy atom. The summed E-state index contributed by atoms with van der Waals surface area (Å²) in [6, 6.07) is 2.43. The Hall–Kier alpha value is -2.05. The third kappa shape index (κ3) is 4.27. The summed E-state index contributed by atoms with van der Waals surface area (Å²) in [6.07, 6.45) is 7.90. The van der Waals surface area contributed by atoms with Gasteiger partial charge in [0.1, 0.15) is 5.82 Å².